The maximum Gasteiger partial charge on any atom is 0.240 e. The number of methoxy groups -OCH3 is 1. The van der Waals surface area contributed by atoms with Gasteiger partial charge < -0.3 is 15.0 Å². The highest BCUT2D eigenvalue weighted by atomic mass is 16.5. The van der Waals surface area contributed by atoms with Crippen LogP contribution in [0.4, 0.5) is 5.69 Å². The third kappa shape index (κ3) is 2.84. The van der Waals surface area contributed by atoms with Gasteiger partial charge in [0.25, 0.3) is 0 Å². The van der Waals surface area contributed by atoms with Crippen molar-refractivity contribution in [3.63, 3.8) is 0 Å². The van der Waals surface area contributed by atoms with Crippen molar-refractivity contribution in [1.29, 1.82) is 0 Å². The Labute approximate surface area is 102 Å². The highest BCUT2D eigenvalue weighted by molar-refractivity contribution is 5.96. The summed E-state index contributed by atoms with van der Waals surface area (Å²) in [4.78, 5) is 13.9. The molecular weight excluding hydrogens is 216 g/mol. The molecule has 1 aromatic carbocycles. The SMILES string of the molecule is COCCNCC(=O)N1CCc2ccccc21. The lowest BCUT2D eigenvalue weighted by atomic mass is 10.2. The molecule has 1 aromatic rings. The minimum Gasteiger partial charge on any atom is -0.383 e. The lowest BCUT2D eigenvalue weighted by Gasteiger charge is -2.17. The van der Waals surface area contributed by atoms with Gasteiger partial charge in [0.1, 0.15) is 0 Å². The van der Waals surface area contributed by atoms with Crippen LogP contribution in [0, 0.1) is 0 Å². The number of benzene rings is 1. The monoisotopic (exact) mass is 234 g/mol. The minimum atomic E-state index is 0.131. The Morgan fingerprint density at radius 1 is 1.47 bits per heavy atom. The van der Waals surface area contributed by atoms with Crippen molar-refractivity contribution in [1.82, 2.24) is 5.32 Å². The van der Waals surface area contributed by atoms with Crippen LogP contribution in [0.1, 0.15) is 5.56 Å². The molecule has 0 unspecified atom stereocenters. The summed E-state index contributed by atoms with van der Waals surface area (Å²) in [6.07, 6.45) is 0.958. The van der Waals surface area contributed by atoms with Gasteiger partial charge in [0, 0.05) is 25.9 Å². The van der Waals surface area contributed by atoms with E-state index in [1.807, 2.05) is 23.1 Å². The molecule has 0 aliphatic carbocycles. The molecule has 0 spiro atoms. The van der Waals surface area contributed by atoms with E-state index in [9.17, 15) is 4.79 Å². The molecule has 1 heterocycles. The van der Waals surface area contributed by atoms with Crippen LogP contribution in [-0.4, -0.2) is 39.3 Å². The van der Waals surface area contributed by atoms with E-state index in [2.05, 4.69) is 11.4 Å². The molecule has 0 saturated heterocycles. The normalized spacial score (nSPS) is 13.8. The molecule has 0 bridgehead atoms. The summed E-state index contributed by atoms with van der Waals surface area (Å²) < 4.78 is 4.92. The summed E-state index contributed by atoms with van der Waals surface area (Å²) in [5.74, 6) is 0.131. The summed E-state index contributed by atoms with van der Waals surface area (Å²) in [5.41, 5.74) is 2.32. The molecule has 4 heteroatoms. The summed E-state index contributed by atoms with van der Waals surface area (Å²) in [5, 5.41) is 3.08. The fourth-order valence-electron chi connectivity index (χ4n) is 2.06. The molecule has 17 heavy (non-hydrogen) atoms. The molecular formula is C13H18N2O2. The van der Waals surface area contributed by atoms with Gasteiger partial charge in [-0.05, 0) is 18.1 Å². The van der Waals surface area contributed by atoms with Crippen LogP contribution in [0.2, 0.25) is 0 Å². The summed E-state index contributed by atoms with van der Waals surface area (Å²) in [7, 11) is 1.65. The Balaban J connectivity index is 1.89. The Morgan fingerprint density at radius 2 is 2.29 bits per heavy atom. The van der Waals surface area contributed by atoms with Crippen LogP contribution in [0.3, 0.4) is 0 Å². The summed E-state index contributed by atoms with van der Waals surface area (Å²) in [6.45, 7) is 2.50. The summed E-state index contributed by atoms with van der Waals surface area (Å²) in [6, 6.07) is 8.09. The number of hydrogen-bond donors (Lipinski definition) is 1. The second-order valence-corrected chi connectivity index (χ2v) is 4.09. The zero-order valence-corrected chi connectivity index (χ0v) is 10.1. The Bertz CT molecular complexity index is 393. The molecule has 0 saturated carbocycles. The molecule has 4 nitrogen and oxygen atoms in total. The smallest absolute Gasteiger partial charge is 0.240 e. The van der Waals surface area contributed by atoms with Crippen molar-refractivity contribution in [2.45, 2.75) is 6.42 Å². The molecule has 0 aromatic heterocycles. The minimum absolute atomic E-state index is 0.131. The molecule has 92 valence electrons. The summed E-state index contributed by atoms with van der Waals surface area (Å²) >= 11 is 0. The average molecular weight is 234 g/mol. The van der Waals surface area contributed by atoms with Gasteiger partial charge in [-0.15, -0.1) is 0 Å². The van der Waals surface area contributed by atoms with Gasteiger partial charge in [-0.3, -0.25) is 4.79 Å². The molecule has 0 radical (unpaired) electrons. The van der Waals surface area contributed by atoms with E-state index in [-0.39, 0.29) is 5.91 Å². The number of rotatable bonds is 5. The van der Waals surface area contributed by atoms with Gasteiger partial charge in [-0.2, -0.15) is 0 Å². The second kappa shape index (κ2) is 5.80. The van der Waals surface area contributed by atoms with Crippen molar-refractivity contribution in [3.05, 3.63) is 29.8 Å². The number of amides is 1. The standard InChI is InChI=1S/C13H18N2O2/c1-17-9-7-14-10-13(16)15-8-6-11-4-2-3-5-12(11)15/h2-5,14H,6-10H2,1H3. The number of hydrogen-bond acceptors (Lipinski definition) is 3. The van der Waals surface area contributed by atoms with Crippen molar-refractivity contribution in [2.24, 2.45) is 0 Å². The van der Waals surface area contributed by atoms with E-state index < -0.39 is 0 Å². The van der Waals surface area contributed by atoms with E-state index in [4.69, 9.17) is 4.74 Å². The first kappa shape index (κ1) is 12.1. The van der Waals surface area contributed by atoms with Crippen LogP contribution in [0.5, 0.6) is 0 Å². The van der Waals surface area contributed by atoms with E-state index in [0.29, 0.717) is 19.7 Å². The Hall–Kier alpha value is -1.39. The number of nitrogens with zero attached hydrogens (tertiary/aromatic N) is 1. The predicted octanol–water partition coefficient (Wildman–Crippen LogP) is 0.812. The number of ether oxygens (including phenoxy) is 1. The number of carbonyl (C=O) groups excluding carboxylic acids is 1. The van der Waals surface area contributed by atoms with Gasteiger partial charge >= 0.3 is 0 Å². The van der Waals surface area contributed by atoms with Crippen LogP contribution < -0.4 is 10.2 Å². The van der Waals surface area contributed by atoms with Crippen LogP contribution >= 0.6 is 0 Å². The first-order valence-corrected chi connectivity index (χ1v) is 5.91. The molecule has 2 rings (SSSR count). The number of fused-ring (bicyclic) bond motifs is 1. The van der Waals surface area contributed by atoms with E-state index in [1.165, 1.54) is 5.56 Å². The molecule has 1 N–H and O–H groups in total. The molecule has 0 atom stereocenters. The number of anilines is 1. The van der Waals surface area contributed by atoms with E-state index >= 15 is 0 Å². The van der Waals surface area contributed by atoms with E-state index in [0.717, 1.165) is 18.7 Å². The van der Waals surface area contributed by atoms with Gasteiger partial charge in [0.2, 0.25) is 5.91 Å². The lowest BCUT2D eigenvalue weighted by Crippen LogP contribution is -2.38. The van der Waals surface area contributed by atoms with Gasteiger partial charge in [0.15, 0.2) is 0 Å². The zero-order chi connectivity index (χ0) is 12.1. The fourth-order valence-corrected chi connectivity index (χ4v) is 2.06. The quantitative estimate of drug-likeness (QED) is 0.767. The van der Waals surface area contributed by atoms with Crippen molar-refractivity contribution in [3.8, 4) is 0 Å². The fraction of sp³-hybridized carbons (Fsp3) is 0.462. The first-order chi connectivity index (χ1) is 8.33. The molecule has 1 aliphatic rings. The highest BCUT2D eigenvalue weighted by Crippen LogP contribution is 2.27. The van der Waals surface area contributed by atoms with Crippen molar-refractivity contribution in [2.75, 3.05) is 38.3 Å². The predicted molar refractivity (Wildman–Crippen MR) is 67.2 cm³/mol. The van der Waals surface area contributed by atoms with Gasteiger partial charge in [0.05, 0.1) is 13.2 Å². The Morgan fingerprint density at radius 3 is 3.12 bits per heavy atom. The Kier molecular flexibility index (Phi) is 4.12. The zero-order valence-electron chi connectivity index (χ0n) is 10.1. The molecule has 0 fully saturated rings. The van der Waals surface area contributed by atoms with Crippen molar-refractivity contribution < 1.29 is 9.53 Å². The van der Waals surface area contributed by atoms with E-state index in [1.54, 1.807) is 7.11 Å². The number of carbonyl (C=O) groups is 1. The van der Waals surface area contributed by atoms with Crippen LogP contribution in [0.15, 0.2) is 24.3 Å². The third-order valence-electron chi connectivity index (χ3n) is 2.95. The number of para-hydroxylation sites is 1. The molecule has 1 aliphatic heterocycles. The van der Waals surface area contributed by atoms with Crippen LogP contribution in [-0.2, 0) is 16.0 Å². The molecule has 1 amide bonds. The number of nitrogens with one attached hydrogen (secondary N) is 1. The maximum absolute atomic E-state index is 12.0. The van der Waals surface area contributed by atoms with Crippen molar-refractivity contribution >= 4 is 11.6 Å². The highest BCUT2D eigenvalue weighted by Gasteiger charge is 2.23. The lowest BCUT2D eigenvalue weighted by molar-refractivity contribution is -0.117. The largest absolute Gasteiger partial charge is 0.383 e. The van der Waals surface area contributed by atoms with Gasteiger partial charge in [-0.25, -0.2) is 0 Å². The second-order valence-electron chi connectivity index (χ2n) is 4.09. The first-order valence-electron chi connectivity index (χ1n) is 5.91. The van der Waals surface area contributed by atoms with Crippen LogP contribution in [0.25, 0.3) is 0 Å². The van der Waals surface area contributed by atoms with Gasteiger partial charge in [-0.1, -0.05) is 18.2 Å². The third-order valence-corrected chi connectivity index (χ3v) is 2.95. The topological polar surface area (TPSA) is 41.6 Å². The maximum atomic E-state index is 12.0. The average Bonchev–Trinajstić information content (AvgIpc) is 2.78.